The molecule has 1 saturated heterocycles. The van der Waals surface area contributed by atoms with Crippen LogP contribution in [0.15, 0.2) is 18.3 Å². The highest BCUT2D eigenvalue weighted by Gasteiger charge is 2.29. The van der Waals surface area contributed by atoms with Crippen LogP contribution in [0.3, 0.4) is 0 Å². The van der Waals surface area contributed by atoms with Crippen molar-refractivity contribution in [3.8, 4) is 0 Å². The van der Waals surface area contributed by atoms with Crippen LogP contribution in [0.2, 0.25) is 5.15 Å². The molecule has 0 aliphatic carbocycles. The fraction of sp³-hybridized carbons (Fsp3) is 0.462. The van der Waals surface area contributed by atoms with Gasteiger partial charge in [0.1, 0.15) is 5.15 Å². The van der Waals surface area contributed by atoms with Gasteiger partial charge in [0, 0.05) is 24.8 Å². The Labute approximate surface area is 116 Å². The lowest BCUT2D eigenvalue weighted by Gasteiger charge is -2.31. The van der Waals surface area contributed by atoms with E-state index in [1.807, 2.05) is 0 Å². The molecule has 1 fully saturated rings. The maximum atomic E-state index is 12.3. The summed E-state index contributed by atoms with van der Waals surface area (Å²) in [5.41, 5.74) is 0.491. The van der Waals surface area contributed by atoms with E-state index >= 15 is 0 Å². The first-order valence-electron chi connectivity index (χ1n) is 6.10. The van der Waals surface area contributed by atoms with Crippen LogP contribution in [0.1, 0.15) is 23.2 Å². The summed E-state index contributed by atoms with van der Waals surface area (Å²) in [5, 5.41) is 0.285. The number of methoxy groups -OCH3 is 1. The maximum absolute atomic E-state index is 12.3. The maximum Gasteiger partial charge on any atom is 0.310 e. The number of hydrogen-bond donors (Lipinski definition) is 0. The van der Waals surface area contributed by atoms with E-state index in [4.69, 9.17) is 16.3 Å². The number of nitrogens with zero attached hydrogens (tertiary/aromatic N) is 2. The van der Waals surface area contributed by atoms with Crippen LogP contribution in [0.25, 0.3) is 0 Å². The Kier molecular flexibility index (Phi) is 4.37. The van der Waals surface area contributed by atoms with E-state index in [0.717, 1.165) is 12.8 Å². The van der Waals surface area contributed by atoms with Gasteiger partial charge in [-0.05, 0) is 25.0 Å². The minimum atomic E-state index is -0.259. The molecule has 0 spiro atoms. The lowest BCUT2D eigenvalue weighted by Crippen LogP contribution is -2.42. The van der Waals surface area contributed by atoms with Crippen molar-refractivity contribution >= 4 is 23.5 Å². The van der Waals surface area contributed by atoms with E-state index in [1.54, 1.807) is 11.0 Å². The monoisotopic (exact) mass is 282 g/mol. The Balaban J connectivity index is 2.09. The number of carbonyl (C=O) groups is 2. The van der Waals surface area contributed by atoms with Crippen LogP contribution < -0.4 is 0 Å². The molecule has 2 heterocycles. The molecule has 1 atom stereocenters. The number of aromatic nitrogens is 1. The lowest BCUT2D eigenvalue weighted by atomic mass is 9.97. The number of ether oxygens (including phenoxy) is 1. The normalized spacial score (nSPS) is 19.1. The molecule has 19 heavy (non-hydrogen) atoms. The minimum Gasteiger partial charge on any atom is -0.469 e. The largest absolute Gasteiger partial charge is 0.469 e. The molecule has 0 saturated carbocycles. The van der Waals surface area contributed by atoms with E-state index < -0.39 is 0 Å². The third-order valence-corrected chi connectivity index (χ3v) is 3.42. The van der Waals surface area contributed by atoms with Gasteiger partial charge in [-0.15, -0.1) is 0 Å². The van der Waals surface area contributed by atoms with Crippen molar-refractivity contribution in [1.82, 2.24) is 9.88 Å². The zero-order chi connectivity index (χ0) is 13.8. The molecule has 0 radical (unpaired) electrons. The first-order valence-corrected chi connectivity index (χ1v) is 6.48. The number of esters is 1. The van der Waals surface area contributed by atoms with Gasteiger partial charge in [-0.1, -0.05) is 11.6 Å². The number of piperidine rings is 1. The Morgan fingerprint density at radius 1 is 1.53 bits per heavy atom. The molecule has 6 heteroatoms. The molecular weight excluding hydrogens is 268 g/mol. The molecule has 1 aliphatic rings. The van der Waals surface area contributed by atoms with Gasteiger partial charge < -0.3 is 9.64 Å². The molecule has 0 N–H and O–H groups in total. The van der Waals surface area contributed by atoms with Gasteiger partial charge in [0.25, 0.3) is 5.91 Å². The Morgan fingerprint density at radius 2 is 2.32 bits per heavy atom. The summed E-state index contributed by atoms with van der Waals surface area (Å²) in [6.45, 7) is 1.04. The van der Waals surface area contributed by atoms with Gasteiger partial charge in [-0.25, -0.2) is 4.98 Å². The van der Waals surface area contributed by atoms with Crippen LogP contribution in [-0.4, -0.2) is 42.0 Å². The predicted molar refractivity (Wildman–Crippen MR) is 69.9 cm³/mol. The summed E-state index contributed by atoms with van der Waals surface area (Å²) in [4.78, 5) is 29.3. The van der Waals surface area contributed by atoms with E-state index in [2.05, 4.69) is 4.98 Å². The number of likely N-dealkylation sites (tertiary alicyclic amines) is 1. The zero-order valence-electron chi connectivity index (χ0n) is 10.6. The van der Waals surface area contributed by atoms with Crippen molar-refractivity contribution in [2.75, 3.05) is 20.2 Å². The first kappa shape index (κ1) is 13.8. The number of rotatable bonds is 2. The Morgan fingerprint density at radius 3 is 3.00 bits per heavy atom. The molecule has 102 valence electrons. The van der Waals surface area contributed by atoms with Crippen molar-refractivity contribution in [3.63, 3.8) is 0 Å². The topological polar surface area (TPSA) is 59.5 Å². The third kappa shape index (κ3) is 3.23. The van der Waals surface area contributed by atoms with Gasteiger partial charge in [0.05, 0.1) is 13.0 Å². The highest BCUT2D eigenvalue weighted by molar-refractivity contribution is 6.29. The molecule has 1 aromatic heterocycles. The summed E-state index contributed by atoms with van der Waals surface area (Å²) in [6.07, 6.45) is 3.05. The molecule has 1 unspecified atom stereocenters. The molecule has 1 amide bonds. The van der Waals surface area contributed by atoms with E-state index in [1.165, 1.54) is 19.4 Å². The summed E-state index contributed by atoms with van der Waals surface area (Å²) in [5.74, 6) is -0.622. The molecule has 5 nitrogen and oxygen atoms in total. The number of amides is 1. The standard InChI is InChI=1S/C13H15ClN2O3/c1-19-13(18)10-3-2-6-16(8-10)12(17)9-4-5-15-11(14)7-9/h4-5,7,10H,2-3,6,8H2,1H3. The van der Waals surface area contributed by atoms with Crippen LogP contribution in [0.5, 0.6) is 0 Å². The summed E-state index contributed by atoms with van der Waals surface area (Å²) >= 11 is 5.77. The quantitative estimate of drug-likeness (QED) is 0.613. The molecular formula is C13H15ClN2O3. The average molecular weight is 283 g/mol. The molecule has 1 aliphatic heterocycles. The Bertz CT molecular complexity index is 493. The summed E-state index contributed by atoms with van der Waals surface area (Å²) in [6, 6.07) is 3.15. The average Bonchev–Trinajstić information content (AvgIpc) is 2.45. The lowest BCUT2D eigenvalue weighted by molar-refractivity contribution is -0.146. The van der Waals surface area contributed by atoms with Gasteiger partial charge in [-0.2, -0.15) is 0 Å². The minimum absolute atomic E-state index is 0.127. The highest BCUT2D eigenvalue weighted by atomic mass is 35.5. The zero-order valence-corrected chi connectivity index (χ0v) is 11.4. The molecule has 1 aromatic rings. The second kappa shape index (κ2) is 6.02. The van der Waals surface area contributed by atoms with E-state index in [9.17, 15) is 9.59 Å². The number of pyridine rings is 1. The van der Waals surface area contributed by atoms with Crippen molar-refractivity contribution in [2.24, 2.45) is 5.92 Å². The number of halogens is 1. The summed E-state index contributed by atoms with van der Waals surface area (Å²) < 4.78 is 4.73. The fourth-order valence-corrected chi connectivity index (χ4v) is 2.41. The smallest absolute Gasteiger partial charge is 0.310 e. The van der Waals surface area contributed by atoms with Crippen molar-refractivity contribution in [1.29, 1.82) is 0 Å². The van der Waals surface area contributed by atoms with Crippen molar-refractivity contribution in [3.05, 3.63) is 29.0 Å². The number of carbonyl (C=O) groups excluding carboxylic acids is 2. The summed E-state index contributed by atoms with van der Waals surface area (Å²) in [7, 11) is 1.37. The molecule has 2 rings (SSSR count). The van der Waals surface area contributed by atoms with Crippen LogP contribution in [0, 0.1) is 5.92 Å². The van der Waals surface area contributed by atoms with E-state index in [0.29, 0.717) is 18.7 Å². The first-order chi connectivity index (χ1) is 9.11. The number of hydrogen-bond acceptors (Lipinski definition) is 4. The molecule has 0 bridgehead atoms. The van der Waals surface area contributed by atoms with Gasteiger partial charge in [0.2, 0.25) is 0 Å². The molecule has 0 aromatic carbocycles. The second-order valence-electron chi connectivity index (χ2n) is 4.48. The Hall–Kier alpha value is -1.62. The fourth-order valence-electron chi connectivity index (χ4n) is 2.24. The van der Waals surface area contributed by atoms with Crippen molar-refractivity contribution < 1.29 is 14.3 Å². The SMILES string of the molecule is COC(=O)C1CCCN(C(=O)c2ccnc(Cl)c2)C1. The van der Waals surface area contributed by atoms with Crippen LogP contribution >= 0.6 is 11.6 Å². The van der Waals surface area contributed by atoms with Crippen LogP contribution in [-0.2, 0) is 9.53 Å². The predicted octanol–water partition coefficient (Wildman–Crippen LogP) is 1.76. The highest BCUT2D eigenvalue weighted by Crippen LogP contribution is 2.20. The second-order valence-corrected chi connectivity index (χ2v) is 4.87. The van der Waals surface area contributed by atoms with Gasteiger partial charge >= 0.3 is 5.97 Å². The van der Waals surface area contributed by atoms with Gasteiger partial charge in [-0.3, -0.25) is 9.59 Å². The van der Waals surface area contributed by atoms with E-state index in [-0.39, 0.29) is 22.9 Å². The van der Waals surface area contributed by atoms with Gasteiger partial charge in [0.15, 0.2) is 0 Å². The van der Waals surface area contributed by atoms with Crippen molar-refractivity contribution in [2.45, 2.75) is 12.8 Å². The third-order valence-electron chi connectivity index (χ3n) is 3.22. The van der Waals surface area contributed by atoms with Crippen LogP contribution in [0.4, 0.5) is 0 Å².